The van der Waals surface area contributed by atoms with Crippen LogP contribution in [0.5, 0.6) is 0 Å². The monoisotopic (exact) mass is 451 g/mol. The van der Waals surface area contributed by atoms with Crippen molar-refractivity contribution in [1.29, 1.82) is 0 Å². The lowest BCUT2D eigenvalue weighted by molar-refractivity contribution is -0.132. The highest BCUT2D eigenvalue weighted by Crippen LogP contribution is 2.24. The molecule has 8 heteroatoms. The van der Waals surface area contributed by atoms with Crippen molar-refractivity contribution in [2.24, 2.45) is 0 Å². The van der Waals surface area contributed by atoms with Crippen LogP contribution in [-0.4, -0.2) is 47.7 Å². The number of nitrogens with zero attached hydrogens (tertiary/aromatic N) is 3. The van der Waals surface area contributed by atoms with Crippen LogP contribution < -0.4 is 5.56 Å². The van der Waals surface area contributed by atoms with Crippen LogP contribution in [0, 0.1) is 0 Å². The lowest BCUT2D eigenvalue weighted by Crippen LogP contribution is -2.39. The van der Waals surface area contributed by atoms with Crippen molar-refractivity contribution in [3.8, 4) is 0 Å². The summed E-state index contributed by atoms with van der Waals surface area (Å²) < 4.78 is 28.8. The van der Waals surface area contributed by atoms with E-state index in [0.717, 1.165) is 24.8 Å². The highest BCUT2D eigenvalue weighted by Gasteiger charge is 2.27. The zero-order valence-electron chi connectivity index (χ0n) is 17.7. The maximum absolute atomic E-state index is 13.0. The second-order valence-corrected chi connectivity index (χ2v) is 10.4. The Labute approximate surface area is 186 Å². The van der Waals surface area contributed by atoms with Crippen molar-refractivity contribution in [2.45, 2.75) is 37.2 Å². The van der Waals surface area contributed by atoms with E-state index >= 15 is 0 Å². The first-order valence-electron chi connectivity index (χ1n) is 10.9. The molecule has 0 atom stereocenters. The molecule has 0 N–H and O–H groups in total. The van der Waals surface area contributed by atoms with Crippen molar-refractivity contribution in [1.82, 2.24) is 13.8 Å². The topological polar surface area (TPSA) is 79.7 Å². The van der Waals surface area contributed by atoms with Crippen molar-refractivity contribution in [3.05, 3.63) is 76.1 Å². The van der Waals surface area contributed by atoms with Crippen molar-refractivity contribution < 1.29 is 13.2 Å². The fraction of sp³-hybridized carbons (Fsp3) is 0.333. The average Bonchev–Trinajstić information content (AvgIpc) is 3.36. The summed E-state index contributed by atoms with van der Waals surface area (Å²) >= 11 is 0. The van der Waals surface area contributed by atoms with Crippen molar-refractivity contribution >= 4 is 26.8 Å². The van der Waals surface area contributed by atoms with Crippen LogP contribution in [0.15, 0.2) is 64.3 Å². The average molecular weight is 452 g/mol. The van der Waals surface area contributed by atoms with Gasteiger partial charge in [0.2, 0.25) is 15.9 Å². The Hall–Kier alpha value is -2.97. The first-order chi connectivity index (χ1) is 15.4. The summed E-state index contributed by atoms with van der Waals surface area (Å²) in [5.74, 6) is -0.122. The third-order valence-electron chi connectivity index (χ3n) is 6.44. The van der Waals surface area contributed by atoms with E-state index in [9.17, 15) is 18.0 Å². The first kappa shape index (κ1) is 20.9. The number of rotatable bonds is 4. The molecule has 7 nitrogen and oxygen atoms in total. The van der Waals surface area contributed by atoms with Gasteiger partial charge in [-0.25, -0.2) is 8.42 Å². The molecule has 0 saturated carbocycles. The third kappa shape index (κ3) is 3.73. The molecule has 2 aliphatic heterocycles. The Kier molecular flexibility index (Phi) is 5.35. The number of aromatic nitrogens is 1. The van der Waals surface area contributed by atoms with E-state index in [1.54, 1.807) is 23.1 Å². The van der Waals surface area contributed by atoms with Gasteiger partial charge in [-0.05, 0) is 60.0 Å². The highest BCUT2D eigenvalue weighted by atomic mass is 32.2. The van der Waals surface area contributed by atoms with Gasteiger partial charge in [0.25, 0.3) is 5.56 Å². The lowest BCUT2D eigenvalue weighted by Gasteiger charge is -2.29. The predicted molar refractivity (Wildman–Crippen MR) is 122 cm³/mol. The molecule has 5 rings (SSSR count). The smallest absolute Gasteiger partial charge is 0.251 e. The van der Waals surface area contributed by atoms with Gasteiger partial charge in [0.1, 0.15) is 6.54 Å². The predicted octanol–water partition coefficient (Wildman–Crippen LogP) is 2.37. The number of hydrogen-bond acceptors (Lipinski definition) is 4. The van der Waals surface area contributed by atoms with Gasteiger partial charge in [0.05, 0.1) is 10.4 Å². The van der Waals surface area contributed by atoms with Gasteiger partial charge in [-0.15, -0.1) is 0 Å². The van der Waals surface area contributed by atoms with Crippen LogP contribution in [-0.2, 0) is 34.3 Å². The van der Waals surface area contributed by atoms with E-state index in [2.05, 4.69) is 6.07 Å². The summed E-state index contributed by atoms with van der Waals surface area (Å²) in [6, 6.07) is 15.9. The standard InChI is InChI=1S/C24H25N3O4S/c28-23-10-7-19-15-21(32(30,31)26-12-3-4-13-26)8-9-22(19)27(23)17-24(29)25-14-11-18-5-1-2-6-20(18)16-25/h1-2,5-10,15H,3-4,11-14,16-17H2. The quantitative estimate of drug-likeness (QED) is 0.610. The molecule has 0 unspecified atom stereocenters. The molecule has 0 radical (unpaired) electrons. The molecule has 166 valence electrons. The minimum atomic E-state index is -3.55. The molecule has 0 bridgehead atoms. The molecule has 1 saturated heterocycles. The Morgan fingerprint density at radius 2 is 1.66 bits per heavy atom. The molecule has 1 aromatic heterocycles. The number of sulfonamides is 1. The van der Waals surface area contributed by atoms with Gasteiger partial charge >= 0.3 is 0 Å². The van der Waals surface area contributed by atoms with Gasteiger partial charge in [-0.1, -0.05) is 24.3 Å². The lowest BCUT2D eigenvalue weighted by atomic mass is 10.00. The number of carbonyl (C=O) groups excluding carboxylic acids is 1. The van der Waals surface area contributed by atoms with E-state index < -0.39 is 10.0 Å². The molecule has 3 heterocycles. The third-order valence-corrected chi connectivity index (χ3v) is 8.34. The Balaban J connectivity index is 1.43. The molecule has 32 heavy (non-hydrogen) atoms. The largest absolute Gasteiger partial charge is 0.336 e. The van der Waals surface area contributed by atoms with Crippen molar-refractivity contribution in [2.75, 3.05) is 19.6 Å². The first-order valence-corrected chi connectivity index (χ1v) is 12.4. The zero-order chi connectivity index (χ0) is 22.3. The summed E-state index contributed by atoms with van der Waals surface area (Å²) in [7, 11) is -3.55. The van der Waals surface area contributed by atoms with Gasteiger partial charge in [-0.2, -0.15) is 4.31 Å². The SMILES string of the molecule is O=C(Cn1c(=O)ccc2cc(S(=O)(=O)N3CCCC3)ccc21)N1CCc2ccccc2C1. The van der Waals surface area contributed by atoms with E-state index in [0.29, 0.717) is 37.1 Å². The molecule has 1 amide bonds. The van der Waals surface area contributed by atoms with Crippen LogP contribution in [0.3, 0.4) is 0 Å². The molecule has 3 aromatic rings. The van der Waals surface area contributed by atoms with Crippen LogP contribution in [0.4, 0.5) is 0 Å². The van der Waals surface area contributed by atoms with E-state index in [1.807, 2.05) is 18.2 Å². The normalized spacial score (nSPS) is 16.9. The maximum Gasteiger partial charge on any atom is 0.251 e. The Morgan fingerprint density at radius 3 is 2.44 bits per heavy atom. The Morgan fingerprint density at radius 1 is 0.906 bits per heavy atom. The molecule has 1 fully saturated rings. The molecular formula is C24H25N3O4S. The number of pyridine rings is 1. The summed E-state index contributed by atoms with van der Waals surface area (Å²) in [6.07, 6.45) is 2.54. The van der Waals surface area contributed by atoms with E-state index in [4.69, 9.17) is 0 Å². The second kappa shape index (κ2) is 8.18. The van der Waals surface area contributed by atoms with E-state index in [1.165, 1.54) is 26.6 Å². The van der Waals surface area contributed by atoms with Crippen LogP contribution in [0.25, 0.3) is 10.9 Å². The summed E-state index contributed by atoms with van der Waals surface area (Å²) in [5, 5.41) is 0.627. The molecule has 0 aliphatic carbocycles. The number of amides is 1. The van der Waals surface area contributed by atoms with Crippen molar-refractivity contribution in [3.63, 3.8) is 0 Å². The minimum absolute atomic E-state index is 0.0729. The van der Waals surface area contributed by atoms with Crippen LogP contribution >= 0.6 is 0 Å². The van der Waals surface area contributed by atoms with Gasteiger partial charge in [0, 0.05) is 32.2 Å². The fourth-order valence-corrected chi connectivity index (χ4v) is 6.18. The number of carbonyl (C=O) groups is 1. The summed E-state index contributed by atoms with van der Waals surface area (Å²) in [4.78, 5) is 27.6. The summed E-state index contributed by atoms with van der Waals surface area (Å²) in [6.45, 7) is 2.15. The minimum Gasteiger partial charge on any atom is -0.336 e. The fourth-order valence-electron chi connectivity index (χ4n) is 4.63. The number of fused-ring (bicyclic) bond motifs is 2. The molecule has 2 aromatic carbocycles. The summed E-state index contributed by atoms with van der Waals surface area (Å²) in [5.41, 5.74) is 2.67. The van der Waals surface area contributed by atoms with Gasteiger partial charge in [-0.3, -0.25) is 14.2 Å². The molecular weight excluding hydrogens is 426 g/mol. The number of hydrogen-bond donors (Lipinski definition) is 0. The van der Waals surface area contributed by atoms with Gasteiger partial charge < -0.3 is 4.90 Å². The maximum atomic E-state index is 13.0. The second-order valence-electron chi connectivity index (χ2n) is 8.42. The molecule has 2 aliphatic rings. The van der Waals surface area contributed by atoms with Crippen LogP contribution in [0.2, 0.25) is 0 Å². The Bertz CT molecular complexity index is 1360. The molecule has 0 spiro atoms. The van der Waals surface area contributed by atoms with Gasteiger partial charge in [0.15, 0.2) is 0 Å². The van der Waals surface area contributed by atoms with Crippen LogP contribution in [0.1, 0.15) is 24.0 Å². The highest BCUT2D eigenvalue weighted by molar-refractivity contribution is 7.89. The zero-order valence-corrected chi connectivity index (χ0v) is 18.6. The van der Waals surface area contributed by atoms with E-state index in [-0.39, 0.29) is 22.9 Å². The number of benzene rings is 2.